The summed E-state index contributed by atoms with van der Waals surface area (Å²) in [4.78, 5) is 4.27. The number of aromatic nitrogens is 3. The molecule has 0 aliphatic rings. The summed E-state index contributed by atoms with van der Waals surface area (Å²) >= 11 is 0. The maximum atomic E-state index is 5.94. The highest BCUT2D eigenvalue weighted by atomic mass is 16.5. The average Bonchev–Trinajstić information content (AvgIpc) is 2.94. The van der Waals surface area contributed by atoms with Crippen LogP contribution in [0.3, 0.4) is 0 Å². The Bertz CT molecular complexity index is 539. The molecule has 0 amide bonds. The molecule has 0 aliphatic carbocycles. The first kappa shape index (κ1) is 15.5. The van der Waals surface area contributed by atoms with E-state index < -0.39 is 0 Å². The van der Waals surface area contributed by atoms with E-state index in [-0.39, 0.29) is 0 Å². The third-order valence-corrected chi connectivity index (χ3v) is 3.20. The van der Waals surface area contributed by atoms with Gasteiger partial charge in [-0.3, -0.25) is 0 Å². The number of nitrogens with one attached hydrogen (secondary N) is 1. The number of benzene rings is 1. The van der Waals surface area contributed by atoms with Gasteiger partial charge in [0, 0.05) is 18.7 Å². The molecule has 1 aromatic carbocycles. The van der Waals surface area contributed by atoms with Crippen molar-refractivity contribution in [3.05, 3.63) is 42.0 Å². The zero-order valence-corrected chi connectivity index (χ0v) is 12.9. The molecular formula is C16H24N4O. The number of hydrogen-bond donors (Lipinski definition) is 1. The first-order valence-electron chi connectivity index (χ1n) is 7.63. The Labute approximate surface area is 126 Å². The quantitative estimate of drug-likeness (QED) is 0.721. The molecule has 0 saturated carbocycles. The van der Waals surface area contributed by atoms with Crippen molar-refractivity contribution in [2.24, 2.45) is 0 Å². The lowest BCUT2D eigenvalue weighted by atomic mass is 10.2. The zero-order chi connectivity index (χ0) is 14.9. The summed E-state index contributed by atoms with van der Waals surface area (Å²) < 4.78 is 7.84. The first-order chi connectivity index (χ1) is 10.3. The van der Waals surface area contributed by atoms with Gasteiger partial charge in [0.1, 0.15) is 18.7 Å². The highest BCUT2D eigenvalue weighted by Gasteiger charge is 2.07. The second kappa shape index (κ2) is 8.42. The molecule has 2 aromatic rings. The summed E-state index contributed by atoms with van der Waals surface area (Å²) in [6, 6.07) is 8.13. The van der Waals surface area contributed by atoms with Gasteiger partial charge in [-0.25, -0.2) is 9.67 Å². The van der Waals surface area contributed by atoms with E-state index in [4.69, 9.17) is 4.74 Å². The fourth-order valence-corrected chi connectivity index (χ4v) is 2.13. The topological polar surface area (TPSA) is 52.0 Å². The van der Waals surface area contributed by atoms with E-state index in [1.807, 2.05) is 22.9 Å². The lowest BCUT2D eigenvalue weighted by Crippen LogP contribution is -2.15. The molecule has 0 spiro atoms. The highest BCUT2D eigenvalue weighted by Crippen LogP contribution is 2.18. The van der Waals surface area contributed by atoms with Crippen LogP contribution in [0.2, 0.25) is 0 Å². The van der Waals surface area contributed by atoms with Crippen molar-refractivity contribution in [2.45, 2.75) is 46.4 Å². The average molecular weight is 288 g/mol. The van der Waals surface area contributed by atoms with Gasteiger partial charge < -0.3 is 10.1 Å². The van der Waals surface area contributed by atoms with Crippen molar-refractivity contribution in [3.8, 4) is 5.75 Å². The highest BCUT2D eigenvalue weighted by molar-refractivity contribution is 5.33. The van der Waals surface area contributed by atoms with Gasteiger partial charge in [0.25, 0.3) is 0 Å². The number of ether oxygens (including phenoxy) is 1. The van der Waals surface area contributed by atoms with Crippen LogP contribution in [0.25, 0.3) is 0 Å². The fourth-order valence-electron chi connectivity index (χ4n) is 2.13. The Morgan fingerprint density at radius 3 is 2.86 bits per heavy atom. The van der Waals surface area contributed by atoms with Gasteiger partial charge in [-0.05, 0) is 25.5 Å². The van der Waals surface area contributed by atoms with Gasteiger partial charge in [0.05, 0.1) is 0 Å². The molecule has 0 unspecified atom stereocenters. The fraction of sp³-hybridized carbons (Fsp3) is 0.500. The molecule has 2 rings (SSSR count). The molecule has 0 radical (unpaired) electrons. The van der Waals surface area contributed by atoms with Gasteiger partial charge in [0.2, 0.25) is 0 Å². The summed E-state index contributed by atoms with van der Waals surface area (Å²) in [5.74, 6) is 1.78. The van der Waals surface area contributed by atoms with Gasteiger partial charge >= 0.3 is 0 Å². The van der Waals surface area contributed by atoms with Crippen LogP contribution in [0.15, 0.2) is 30.6 Å². The van der Waals surface area contributed by atoms with Crippen LogP contribution in [0, 0.1) is 0 Å². The molecule has 114 valence electrons. The van der Waals surface area contributed by atoms with Gasteiger partial charge in [-0.15, -0.1) is 0 Å². The van der Waals surface area contributed by atoms with E-state index in [1.54, 1.807) is 6.33 Å². The van der Waals surface area contributed by atoms with Crippen LogP contribution in [-0.4, -0.2) is 21.3 Å². The van der Waals surface area contributed by atoms with Crippen LogP contribution in [-0.2, 0) is 19.7 Å². The van der Waals surface area contributed by atoms with Crippen LogP contribution >= 0.6 is 0 Å². The largest absolute Gasteiger partial charge is 0.485 e. The van der Waals surface area contributed by atoms with Crippen molar-refractivity contribution in [2.75, 3.05) is 6.54 Å². The van der Waals surface area contributed by atoms with E-state index in [1.165, 1.54) is 5.56 Å². The molecule has 0 atom stereocenters. The minimum Gasteiger partial charge on any atom is -0.485 e. The zero-order valence-electron chi connectivity index (χ0n) is 12.9. The smallest absolute Gasteiger partial charge is 0.164 e. The monoisotopic (exact) mass is 288 g/mol. The third-order valence-electron chi connectivity index (χ3n) is 3.20. The number of nitrogens with zero attached hydrogens (tertiary/aromatic N) is 3. The number of aryl methyl sites for hydroxylation is 1. The van der Waals surface area contributed by atoms with Gasteiger partial charge in [-0.1, -0.05) is 32.0 Å². The molecule has 5 nitrogen and oxygen atoms in total. The van der Waals surface area contributed by atoms with Crippen LogP contribution < -0.4 is 10.1 Å². The van der Waals surface area contributed by atoms with Crippen molar-refractivity contribution in [1.82, 2.24) is 20.1 Å². The van der Waals surface area contributed by atoms with E-state index >= 15 is 0 Å². The maximum absolute atomic E-state index is 5.94. The summed E-state index contributed by atoms with van der Waals surface area (Å²) in [5.41, 5.74) is 1.17. The summed E-state index contributed by atoms with van der Waals surface area (Å²) in [7, 11) is 0. The van der Waals surface area contributed by atoms with Crippen molar-refractivity contribution in [1.29, 1.82) is 0 Å². The molecule has 0 fully saturated rings. The minimum atomic E-state index is 0.449. The Balaban J connectivity index is 1.97. The SMILES string of the molecule is CCCNCc1ccccc1OCc1ncnn1CCC. The minimum absolute atomic E-state index is 0.449. The van der Waals surface area contributed by atoms with Gasteiger partial charge in [-0.2, -0.15) is 5.10 Å². The maximum Gasteiger partial charge on any atom is 0.164 e. The Morgan fingerprint density at radius 1 is 1.19 bits per heavy atom. The second-order valence-electron chi connectivity index (χ2n) is 4.97. The van der Waals surface area contributed by atoms with Crippen LogP contribution in [0.5, 0.6) is 5.75 Å². The molecule has 1 N–H and O–H groups in total. The summed E-state index contributed by atoms with van der Waals surface area (Å²) in [5, 5.41) is 7.62. The first-order valence-corrected chi connectivity index (χ1v) is 7.63. The summed E-state index contributed by atoms with van der Waals surface area (Å²) in [6.45, 7) is 7.45. The van der Waals surface area contributed by atoms with Crippen molar-refractivity contribution < 1.29 is 4.74 Å². The standard InChI is InChI=1S/C16H24N4O/c1-3-9-17-11-14-7-5-6-8-15(14)21-12-16-18-13-19-20(16)10-4-2/h5-8,13,17H,3-4,9-12H2,1-2H3. The normalized spacial score (nSPS) is 10.8. The van der Waals surface area contributed by atoms with Crippen LogP contribution in [0.4, 0.5) is 0 Å². The molecule has 0 bridgehead atoms. The van der Waals surface area contributed by atoms with E-state index in [2.05, 4.69) is 35.3 Å². The van der Waals surface area contributed by atoms with E-state index in [9.17, 15) is 0 Å². The lowest BCUT2D eigenvalue weighted by Gasteiger charge is -2.12. The van der Waals surface area contributed by atoms with Gasteiger partial charge in [0.15, 0.2) is 5.82 Å². The van der Waals surface area contributed by atoms with Crippen LogP contribution in [0.1, 0.15) is 38.1 Å². The van der Waals surface area contributed by atoms with E-state index in [0.29, 0.717) is 6.61 Å². The number of rotatable bonds is 9. The Kier molecular flexibility index (Phi) is 6.22. The van der Waals surface area contributed by atoms with Crippen molar-refractivity contribution in [3.63, 3.8) is 0 Å². The molecule has 0 aliphatic heterocycles. The molecule has 5 heteroatoms. The van der Waals surface area contributed by atoms with E-state index in [0.717, 1.165) is 44.0 Å². The molecule has 21 heavy (non-hydrogen) atoms. The Hall–Kier alpha value is -1.88. The third kappa shape index (κ3) is 4.56. The second-order valence-corrected chi connectivity index (χ2v) is 4.97. The molecule has 1 aromatic heterocycles. The molecule has 0 saturated heterocycles. The number of hydrogen-bond acceptors (Lipinski definition) is 4. The molecule has 1 heterocycles. The Morgan fingerprint density at radius 2 is 2.05 bits per heavy atom. The predicted octanol–water partition coefficient (Wildman–Crippen LogP) is 2.77. The predicted molar refractivity (Wildman–Crippen MR) is 83.1 cm³/mol. The number of para-hydroxylation sites is 1. The lowest BCUT2D eigenvalue weighted by molar-refractivity contribution is 0.282. The molecular weight excluding hydrogens is 264 g/mol. The summed E-state index contributed by atoms with van der Waals surface area (Å²) in [6.07, 6.45) is 3.75. The van der Waals surface area contributed by atoms with Crippen molar-refractivity contribution >= 4 is 0 Å².